The zero-order chi connectivity index (χ0) is 12.7. The summed E-state index contributed by atoms with van der Waals surface area (Å²) in [6, 6.07) is 1.34. The first-order valence-corrected chi connectivity index (χ1v) is 7.65. The van der Waals surface area contributed by atoms with Crippen LogP contribution in [0.25, 0.3) is 0 Å². The molecule has 1 unspecified atom stereocenters. The van der Waals surface area contributed by atoms with E-state index in [-0.39, 0.29) is 0 Å². The number of ketones is 1. The fourth-order valence-corrected chi connectivity index (χ4v) is 4.06. The third-order valence-electron chi connectivity index (χ3n) is 5.23. The molecule has 0 aromatic carbocycles. The van der Waals surface area contributed by atoms with Crippen molar-refractivity contribution in [3.8, 4) is 0 Å². The van der Waals surface area contributed by atoms with Gasteiger partial charge in [0.05, 0.1) is 0 Å². The Balaban J connectivity index is 1.76. The van der Waals surface area contributed by atoms with Gasteiger partial charge in [-0.05, 0) is 55.9 Å². The zero-order valence-corrected chi connectivity index (χ0v) is 11.7. The molecule has 1 fully saturated rings. The lowest BCUT2D eigenvalue weighted by Crippen LogP contribution is -2.51. The third-order valence-corrected chi connectivity index (χ3v) is 5.23. The minimum Gasteiger partial charge on any atom is -0.310 e. The first-order valence-electron chi connectivity index (χ1n) is 7.65. The van der Waals surface area contributed by atoms with Crippen LogP contribution in [0.4, 0.5) is 0 Å². The highest BCUT2D eigenvalue weighted by Gasteiger charge is 2.37. The molecule has 2 aliphatic carbocycles. The Hall–Kier alpha value is -0.630. The van der Waals surface area contributed by atoms with Gasteiger partial charge in [0.2, 0.25) is 0 Å². The molecule has 18 heavy (non-hydrogen) atoms. The van der Waals surface area contributed by atoms with Gasteiger partial charge < -0.3 is 5.32 Å². The quantitative estimate of drug-likeness (QED) is 0.771. The summed E-state index contributed by atoms with van der Waals surface area (Å²) in [6.07, 6.45) is 7.88. The topological polar surface area (TPSA) is 29.1 Å². The molecule has 1 aliphatic heterocycles. The van der Waals surface area contributed by atoms with Gasteiger partial charge in [0.1, 0.15) is 0 Å². The third kappa shape index (κ3) is 2.16. The Morgan fingerprint density at radius 3 is 2.78 bits per heavy atom. The van der Waals surface area contributed by atoms with Crippen molar-refractivity contribution < 1.29 is 4.79 Å². The molecule has 100 valence electrons. The average molecular weight is 247 g/mol. The number of carbonyl (C=O) groups is 1. The molecule has 1 heterocycles. The highest BCUT2D eigenvalue weighted by atomic mass is 16.1. The standard InChI is InChI=1S/C16H25NO/c1-10(2)14-7-6-12-8-13-11(9-15(12)17-14)4-3-5-16(13)18/h10,12,14-15,17H,3-9H2,1-2H3/t12-,14+,15?/m1/s1. The van der Waals surface area contributed by atoms with Crippen LogP contribution in [0.5, 0.6) is 0 Å². The molecule has 0 amide bonds. The second-order valence-electron chi connectivity index (χ2n) is 6.73. The maximum absolute atomic E-state index is 12.0. The van der Waals surface area contributed by atoms with Crippen molar-refractivity contribution in [3.63, 3.8) is 0 Å². The first-order chi connectivity index (χ1) is 8.65. The van der Waals surface area contributed by atoms with Crippen LogP contribution in [0.2, 0.25) is 0 Å². The molecule has 0 aromatic heterocycles. The van der Waals surface area contributed by atoms with E-state index in [9.17, 15) is 4.79 Å². The predicted molar refractivity (Wildman–Crippen MR) is 73.4 cm³/mol. The van der Waals surface area contributed by atoms with E-state index in [0.29, 0.717) is 17.9 Å². The summed E-state index contributed by atoms with van der Waals surface area (Å²) in [4.78, 5) is 12.0. The van der Waals surface area contributed by atoms with Crippen molar-refractivity contribution in [3.05, 3.63) is 11.1 Å². The molecule has 1 saturated heterocycles. The van der Waals surface area contributed by atoms with E-state index in [0.717, 1.165) is 37.5 Å². The lowest BCUT2D eigenvalue weighted by molar-refractivity contribution is -0.116. The maximum Gasteiger partial charge on any atom is 0.158 e. The second-order valence-corrected chi connectivity index (χ2v) is 6.73. The van der Waals surface area contributed by atoms with Crippen LogP contribution in [0.1, 0.15) is 58.8 Å². The molecule has 2 nitrogen and oxygen atoms in total. The van der Waals surface area contributed by atoms with Gasteiger partial charge in [-0.1, -0.05) is 19.4 Å². The molecule has 0 bridgehead atoms. The van der Waals surface area contributed by atoms with Crippen molar-refractivity contribution in [2.24, 2.45) is 11.8 Å². The molecule has 1 N–H and O–H groups in total. The summed E-state index contributed by atoms with van der Waals surface area (Å²) in [5.74, 6) is 1.91. The SMILES string of the molecule is CC(C)[C@@H]1CC[C@@H]2CC3=C(CCCC3=O)CC2N1. The highest BCUT2D eigenvalue weighted by Crippen LogP contribution is 2.40. The van der Waals surface area contributed by atoms with Crippen LogP contribution in [0.3, 0.4) is 0 Å². The van der Waals surface area contributed by atoms with Crippen LogP contribution < -0.4 is 5.32 Å². The van der Waals surface area contributed by atoms with Gasteiger partial charge in [0.25, 0.3) is 0 Å². The van der Waals surface area contributed by atoms with Gasteiger partial charge in [-0.15, -0.1) is 0 Å². The van der Waals surface area contributed by atoms with Gasteiger partial charge in [-0.3, -0.25) is 4.79 Å². The van der Waals surface area contributed by atoms with E-state index >= 15 is 0 Å². The zero-order valence-electron chi connectivity index (χ0n) is 11.7. The normalized spacial score (nSPS) is 36.6. The molecule has 0 aromatic rings. The van der Waals surface area contributed by atoms with E-state index in [1.54, 1.807) is 0 Å². The number of piperidine rings is 1. The van der Waals surface area contributed by atoms with Gasteiger partial charge in [0.15, 0.2) is 5.78 Å². The highest BCUT2D eigenvalue weighted by molar-refractivity contribution is 5.97. The van der Waals surface area contributed by atoms with Gasteiger partial charge in [-0.2, -0.15) is 0 Å². The lowest BCUT2D eigenvalue weighted by Gasteiger charge is -2.44. The fourth-order valence-electron chi connectivity index (χ4n) is 4.06. The van der Waals surface area contributed by atoms with Crippen LogP contribution in [0, 0.1) is 11.8 Å². The summed E-state index contributed by atoms with van der Waals surface area (Å²) in [6.45, 7) is 4.63. The van der Waals surface area contributed by atoms with Gasteiger partial charge in [0, 0.05) is 18.5 Å². The average Bonchev–Trinajstić information content (AvgIpc) is 2.36. The number of nitrogens with one attached hydrogen (secondary N) is 1. The number of hydrogen-bond donors (Lipinski definition) is 1. The molecule has 3 atom stereocenters. The Labute approximate surface area is 110 Å². The number of carbonyl (C=O) groups excluding carboxylic acids is 1. The largest absolute Gasteiger partial charge is 0.310 e. The molecule has 3 rings (SSSR count). The molecular weight excluding hydrogens is 222 g/mol. The van der Waals surface area contributed by atoms with Crippen LogP contribution in [0.15, 0.2) is 11.1 Å². The molecular formula is C16H25NO. The van der Waals surface area contributed by atoms with Crippen molar-refractivity contribution >= 4 is 5.78 Å². The number of hydrogen-bond acceptors (Lipinski definition) is 2. The Morgan fingerprint density at radius 2 is 2.00 bits per heavy atom. The van der Waals surface area contributed by atoms with E-state index < -0.39 is 0 Å². The summed E-state index contributed by atoms with van der Waals surface area (Å²) in [5.41, 5.74) is 2.72. The van der Waals surface area contributed by atoms with Gasteiger partial charge >= 0.3 is 0 Å². The predicted octanol–water partition coefficient (Wildman–Crippen LogP) is 3.22. The summed E-state index contributed by atoms with van der Waals surface area (Å²) in [5, 5.41) is 3.86. The van der Waals surface area contributed by atoms with Crippen LogP contribution in [-0.4, -0.2) is 17.9 Å². The van der Waals surface area contributed by atoms with Crippen LogP contribution >= 0.6 is 0 Å². The summed E-state index contributed by atoms with van der Waals surface area (Å²) < 4.78 is 0. The number of rotatable bonds is 1. The molecule has 2 heteroatoms. The first kappa shape index (κ1) is 12.4. The van der Waals surface area contributed by atoms with E-state index in [4.69, 9.17) is 0 Å². The number of allylic oxidation sites excluding steroid dienone is 1. The molecule has 0 saturated carbocycles. The van der Waals surface area contributed by atoms with E-state index in [1.165, 1.54) is 30.4 Å². The molecule has 3 aliphatic rings. The molecule has 0 radical (unpaired) electrons. The van der Waals surface area contributed by atoms with E-state index in [2.05, 4.69) is 19.2 Å². The van der Waals surface area contributed by atoms with E-state index in [1.807, 2.05) is 0 Å². The Bertz CT molecular complexity index is 383. The number of fused-ring (bicyclic) bond motifs is 1. The Kier molecular flexibility index (Phi) is 3.31. The monoisotopic (exact) mass is 247 g/mol. The van der Waals surface area contributed by atoms with Crippen molar-refractivity contribution in [2.75, 3.05) is 0 Å². The summed E-state index contributed by atoms with van der Waals surface area (Å²) in [7, 11) is 0. The minimum atomic E-state index is 0.459. The smallest absolute Gasteiger partial charge is 0.158 e. The molecule has 0 spiro atoms. The minimum absolute atomic E-state index is 0.459. The fraction of sp³-hybridized carbons (Fsp3) is 0.812. The Morgan fingerprint density at radius 1 is 1.17 bits per heavy atom. The van der Waals surface area contributed by atoms with Gasteiger partial charge in [-0.25, -0.2) is 0 Å². The number of Topliss-reactive ketones (excluding diaryl/α,β-unsaturated/α-hetero) is 1. The van der Waals surface area contributed by atoms with Crippen LogP contribution in [-0.2, 0) is 4.79 Å². The summed E-state index contributed by atoms with van der Waals surface area (Å²) >= 11 is 0. The lowest BCUT2D eigenvalue weighted by atomic mass is 9.70. The van der Waals surface area contributed by atoms with Crippen molar-refractivity contribution in [1.82, 2.24) is 5.32 Å². The second kappa shape index (κ2) is 4.80. The maximum atomic E-state index is 12.0. The van der Waals surface area contributed by atoms with Crippen molar-refractivity contribution in [2.45, 2.75) is 70.9 Å². The van der Waals surface area contributed by atoms with Crippen molar-refractivity contribution in [1.29, 1.82) is 0 Å².